The largest absolute Gasteiger partial charge is 0.394 e. The second-order valence-corrected chi connectivity index (χ2v) is 5.20. The SMILES string of the molecule is CCc1ccc(NC(=O)NC(CO)c2ccccc2)cc1[N+](=O)[O-]. The number of nitro groups is 1. The maximum atomic E-state index is 12.1. The number of hydrogen-bond donors (Lipinski definition) is 3. The molecule has 3 N–H and O–H groups in total. The highest BCUT2D eigenvalue weighted by Gasteiger charge is 2.16. The van der Waals surface area contributed by atoms with Crippen molar-refractivity contribution in [1.82, 2.24) is 5.32 Å². The van der Waals surface area contributed by atoms with Crippen LogP contribution in [-0.4, -0.2) is 22.7 Å². The van der Waals surface area contributed by atoms with Crippen LogP contribution in [0.25, 0.3) is 0 Å². The summed E-state index contributed by atoms with van der Waals surface area (Å²) in [7, 11) is 0. The first kappa shape index (κ1) is 17.4. The van der Waals surface area contributed by atoms with Crippen LogP contribution in [-0.2, 0) is 6.42 Å². The second-order valence-electron chi connectivity index (χ2n) is 5.20. The molecule has 24 heavy (non-hydrogen) atoms. The van der Waals surface area contributed by atoms with E-state index in [4.69, 9.17) is 0 Å². The van der Waals surface area contributed by atoms with Crippen molar-refractivity contribution in [2.24, 2.45) is 0 Å². The lowest BCUT2D eigenvalue weighted by Gasteiger charge is -2.17. The molecule has 1 atom stereocenters. The van der Waals surface area contributed by atoms with Crippen LogP contribution in [0, 0.1) is 10.1 Å². The zero-order chi connectivity index (χ0) is 17.5. The van der Waals surface area contributed by atoms with Gasteiger partial charge in [0.25, 0.3) is 5.69 Å². The summed E-state index contributed by atoms with van der Waals surface area (Å²) in [5.41, 5.74) is 1.66. The molecule has 7 heteroatoms. The monoisotopic (exact) mass is 329 g/mol. The maximum absolute atomic E-state index is 12.1. The van der Waals surface area contributed by atoms with E-state index in [1.54, 1.807) is 24.3 Å². The average molecular weight is 329 g/mol. The number of aliphatic hydroxyl groups excluding tert-OH is 1. The standard InChI is InChI=1S/C17H19N3O4/c1-2-12-8-9-14(10-16(12)20(23)24)18-17(22)19-15(11-21)13-6-4-3-5-7-13/h3-10,15,21H,2,11H2,1H3,(H2,18,19,22). The summed E-state index contributed by atoms with van der Waals surface area (Å²) in [6.07, 6.45) is 0.531. The van der Waals surface area contributed by atoms with Crippen molar-refractivity contribution in [2.75, 3.05) is 11.9 Å². The van der Waals surface area contributed by atoms with Crippen LogP contribution in [0.15, 0.2) is 48.5 Å². The Hall–Kier alpha value is -2.93. The Balaban J connectivity index is 2.09. The molecule has 0 heterocycles. The molecular formula is C17H19N3O4. The molecule has 0 saturated carbocycles. The van der Waals surface area contributed by atoms with Crippen molar-refractivity contribution in [2.45, 2.75) is 19.4 Å². The summed E-state index contributed by atoms with van der Waals surface area (Å²) in [5, 5.41) is 25.7. The molecule has 2 aromatic rings. The fourth-order valence-electron chi connectivity index (χ4n) is 2.36. The van der Waals surface area contributed by atoms with Gasteiger partial charge in [-0.15, -0.1) is 0 Å². The van der Waals surface area contributed by atoms with E-state index in [9.17, 15) is 20.0 Å². The highest BCUT2D eigenvalue weighted by molar-refractivity contribution is 5.90. The third kappa shape index (κ3) is 4.30. The molecule has 0 aliphatic rings. The molecule has 0 aliphatic carbocycles. The van der Waals surface area contributed by atoms with Gasteiger partial charge in [-0.25, -0.2) is 4.79 Å². The number of carbonyl (C=O) groups is 1. The predicted octanol–water partition coefficient (Wildman–Crippen LogP) is 3.01. The second kappa shape index (κ2) is 8.07. The molecular weight excluding hydrogens is 310 g/mol. The Bertz CT molecular complexity index is 719. The Kier molecular flexibility index (Phi) is 5.86. The molecule has 7 nitrogen and oxygen atoms in total. The van der Waals surface area contributed by atoms with Crippen LogP contribution in [0.2, 0.25) is 0 Å². The van der Waals surface area contributed by atoms with E-state index in [0.29, 0.717) is 17.7 Å². The molecule has 0 saturated heterocycles. The Labute approximate surface area is 139 Å². The van der Waals surface area contributed by atoms with Gasteiger partial charge in [-0.3, -0.25) is 10.1 Å². The van der Waals surface area contributed by atoms with Crippen LogP contribution in [0.1, 0.15) is 24.1 Å². The number of rotatable bonds is 6. The van der Waals surface area contributed by atoms with Gasteiger partial charge in [0.05, 0.1) is 17.6 Å². The summed E-state index contributed by atoms with van der Waals surface area (Å²) in [4.78, 5) is 22.7. The number of amides is 2. The lowest BCUT2D eigenvalue weighted by Crippen LogP contribution is -2.34. The number of nitro benzene ring substituents is 1. The third-order valence-electron chi connectivity index (χ3n) is 3.61. The number of aryl methyl sites for hydroxylation is 1. The van der Waals surface area contributed by atoms with Gasteiger partial charge in [0, 0.05) is 17.3 Å². The zero-order valence-corrected chi connectivity index (χ0v) is 13.2. The first-order valence-corrected chi connectivity index (χ1v) is 7.55. The fraction of sp³-hybridized carbons (Fsp3) is 0.235. The zero-order valence-electron chi connectivity index (χ0n) is 13.2. The number of urea groups is 1. The van der Waals surface area contributed by atoms with E-state index in [1.165, 1.54) is 6.07 Å². The number of aliphatic hydroxyl groups is 1. The van der Waals surface area contributed by atoms with Crippen LogP contribution >= 0.6 is 0 Å². The topological polar surface area (TPSA) is 104 Å². The normalized spacial score (nSPS) is 11.6. The number of carbonyl (C=O) groups excluding carboxylic acids is 1. The van der Waals surface area contributed by atoms with E-state index >= 15 is 0 Å². The summed E-state index contributed by atoms with van der Waals surface area (Å²) in [6.45, 7) is 1.57. The predicted molar refractivity (Wildman–Crippen MR) is 90.9 cm³/mol. The van der Waals surface area contributed by atoms with E-state index in [0.717, 1.165) is 5.56 Å². The summed E-state index contributed by atoms with van der Waals surface area (Å²) in [6, 6.07) is 12.5. The minimum absolute atomic E-state index is 0.0305. The Morgan fingerprint density at radius 2 is 1.96 bits per heavy atom. The highest BCUT2D eigenvalue weighted by Crippen LogP contribution is 2.23. The lowest BCUT2D eigenvalue weighted by molar-refractivity contribution is -0.385. The van der Waals surface area contributed by atoms with Gasteiger partial charge < -0.3 is 15.7 Å². The number of anilines is 1. The Morgan fingerprint density at radius 1 is 1.25 bits per heavy atom. The smallest absolute Gasteiger partial charge is 0.319 e. The molecule has 2 rings (SSSR count). The van der Waals surface area contributed by atoms with Crippen molar-refractivity contribution < 1.29 is 14.8 Å². The van der Waals surface area contributed by atoms with Gasteiger partial charge in [-0.1, -0.05) is 43.3 Å². The average Bonchev–Trinajstić information content (AvgIpc) is 2.60. The summed E-state index contributed by atoms with van der Waals surface area (Å²) in [5.74, 6) is 0. The Morgan fingerprint density at radius 3 is 2.54 bits per heavy atom. The summed E-state index contributed by atoms with van der Waals surface area (Å²) >= 11 is 0. The lowest BCUT2D eigenvalue weighted by atomic mass is 10.1. The van der Waals surface area contributed by atoms with Gasteiger partial charge in [0.15, 0.2) is 0 Å². The van der Waals surface area contributed by atoms with Gasteiger partial charge in [-0.2, -0.15) is 0 Å². The van der Waals surface area contributed by atoms with E-state index in [2.05, 4.69) is 10.6 Å². The van der Waals surface area contributed by atoms with Crippen LogP contribution in [0.3, 0.4) is 0 Å². The maximum Gasteiger partial charge on any atom is 0.319 e. The first-order chi connectivity index (χ1) is 11.5. The minimum atomic E-state index is -0.559. The van der Waals surface area contributed by atoms with Gasteiger partial charge >= 0.3 is 6.03 Å². The minimum Gasteiger partial charge on any atom is -0.394 e. The van der Waals surface area contributed by atoms with Crippen molar-refractivity contribution in [3.63, 3.8) is 0 Å². The highest BCUT2D eigenvalue weighted by atomic mass is 16.6. The molecule has 0 bridgehead atoms. The van der Waals surface area contributed by atoms with Crippen molar-refractivity contribution in [1.29, 1.82) is 0 Å². The van der Waals surface area contributed by atoms with Gasteiger partial charge in [0.2, 0.25) is 0 Å². The van der Waals surface area contributed by atoms with Crippen LogP contribution < -0.4 is 10.6 Å². The van der Waals surface area contributed by atoms with Gasteiger partial charge in [-0.05, 0) is 18.1 Å². The van der Waals surface area contributed by atoms with E-state index in [1.807, 2.05) is 25.1 Å². The molecule has 0 radical (unpaired) electrons. The van der Waals surface area contributed by atoms with E-state index < -0.39 is 17.0 Å². The number of nitrogens with zero attached hydrogens (tertiary/aromatic N) is 1. The number of nitrogens with one attached hydrogen (secondary N) is 2. The number of benzene rings is 2. The van der Waals surface area contributed by atoms with Crippen LogP contribution in [0.5, 0.6) is 0 Å². The molecule has 0 aliphatic heterocycles. The summed E-state index contributed by atoms with van der Waals surface area (Å²) < 4.78 is 0. The van der Waals surface area contributed by atoms with Crippen molar-refractivity contribution in [3.8, 4) is 0 Å². The quantitative estimate of drug-likeness (QED) is 0.559. The molecule has 0 spiro atoms. The number of hydrogen-bond acceptors (Lipinski definition) is 4. The first-order valence-electron chi connectivity index (χ1n) is 7.55. The van der Waals surface area contributed by atoms with E-state index in [-0.39, 0.29) is 12.3 Å². The fourth-order valence-corrected chi connectivity index (χ4v) is 2.36. The molecule has 2 amide bonds. The molecule has 2 aromatic carbocycles. The molecule has 1 unspecified atom stereocenters. The van der Waals surface area contributed by atoms with Crippen molar-refractivity contribution >= 4 is 17.4 Å². The molecule has 0 fully saturated rings. The third-order valence-corrected chi connectivity index (χ3v) is 3.61. The van der Waals surface area contributed by atoms with Crippen molar-refractivity contribution in [3.05, 3.63) is 69.8 Å². The van der Waals surface area contributed by atoms with Gasteiger partial charge in [0.1, 0.15) is 0 Å². The van der Waals surface area contributed by atoms with Crippen LogP contribution in [0.4, 0.5) is 16.2 Å². The molecule has 126 valence electrons. The molecule has 0 aromatic heterocycles.